The van der Waals surface area contributed by atoms with Crippen LogP contribution in [0.2, 0.25) is 0 Å². The van der Waals surface area contributed by atoms with Crippen LogP contribution in [-0.2, 0) is 22.6 Å². The molecule has 0 spiro atoms. The van der Waals surface area contributed by atoms with Crippen molar-refractivity contribution in [3.05, 3.63) is 71.8 Å². The number of β-amino-alcohol motifs (C(OH)–C–C–N with tert-alkyl or cyclic N) is 1. The molecule has 0 unspecified atom stereocenters. The molecule has 222 valence electrons. The van der Waals surface area contributed by atoms with Crippen LogP contribution >= 0.6 is 0 Å². The van der Waals surface area contributed by atoms with E-state index in [-0.39, 0.29) is 25.7 Å². The molecule has 1 fully saturated rings. The van der Waals surface area contributed by atoms with Gasteiger partial charge in [0.1, 0.15) is 24.6 Å². The lowest BCUT2D eigenvalue weighted by atomic mass is 10.0. The first-order valence-electron chi connectivity index (χ1n) is 14.0. The Balaban J connectivity index is 1.42. The van der Waals surface area contributed by atoms with Crippen LogP contribution in [-0.4, -0.2) is 96.2 Å². The Morgan fingerprint density at radius 3 is 2.61 bits per heavy atom. The molecule has 10 nitrogen and oxygen atoms in total. The number of rotatable bonds is 13. The summed E-state index contributed by atoms with van der Waals surface area (Å²) < 4.78 is 24.8. The van der Waals surface area contributed by atoms with Gasteiger partial charge >= 0.3 is 0 Å². The topological polar surface area (TPSA) is 98.5 Å². The van der Waals surface area contributed by atoms with E-state index in [0.29, 0.717) is 50.0 Å². The van der Waals surface area contributed by atoms with Gasteiger partial charge in [-0.2, -0.15) is 0 Å². The monoisotopic (exact) mass is 566 g/mol. The molecular weight excluding hydrogens is 524 g/mol. The minimum Gasteiger partial charge on any atom is -0.493 e. The van der Waals surface area contributed by atoms with E-state index in [1.165, 1.54) is 12.7 Å². The maximum atomic E-state index is 12.8. The van der Waals surface area contributed by atoms with E-state index in [4.69, 9.17) is 18.9 Å². The van der Waals surface area contributed by atoms with Crippen LogP contribution in [0.25, 0.3) is 0 Å². The average Bonchev–Trinajstić information content (AvgIpc) is 3.42. The number of aryl methyl sites for hydroxylation is 3. The van der Waals surface area contributed by atoms with Gasteiger partial charge in [0.05, 0.1) is 26.6 Å². The molecule has 10 heteroatoms. The SMILES string of the molecule is COCC(=O)N1CCN(Cc2ccc(OCCCn3ccnc3)c(OC)c2)C[C@](O)(COc2ccc(C)c(C)c2)C1. The van der Waals surface area contributed by atoms with Crippen molar-refractivity contribution in [2.24, 2.45) is 0 Å². The lowest BCUT2D eigenvalue weighted by molar-refractivity contribution is -0.138. The van der Waals surface area contributed by atoms with E-state index in [2.05, 4.69) is 9.88 Å². The second kappa shape index (κ2) is 14.3. The molecule has 3 aromatic rings. The molecule has 1 saturated heterocycles. The van der Waals surface area contributed by atoms with Gasteiger partial charge < -0.3 is 33.5 Å². The van der Waals surface area contributed by atoms with E-state index in [1.54, 1.807) is 24.5 Å². The summed E-state index contributed by atoms with van der Waals surface area (Å²) in [4.78, 5) is 20.6. The Labute approximate surface area is 242 Å². The highest BCUT2D eigenvalue weighted by Crippen LogP contribution is 2.29. The molecule has 1 N–H and O–H groups in total. The summed E-state index contributed by atoms with van der Waals surface area (Å²) >= 11 is 0. The number of hydrogen-bond donors (Lipinski definition) is 1. The molecule has 1 atom stereocenters. The fraction of sp³-hybridized carbons (Fsp3) is 0.484. The third kappa shape index (κ3) is 8.69. The first kappa shape index (κ1) is 30.4. The molecule has 0 bridgehead atoms. The van der Waals surface area contributed by atoms with Crippen LogP contribution in [0, 0.1) is 13.8 Å². The summed E-state index contributed by atoms with van der Waals surface area (Å²) in [7, 11) is 3.13. The van der Waals surface area contributed by atoms with Gasteiger partial charge in [-0.05, 0) is 61.2 Å². The molecule has 1 amide bonds. The summed E-state index contributed by atoms with van der Waals surface area (Å²) in [6.07, 6.45) is 6.33. The van der Waals surface area contributed by atoms with Crippen molar-refractivity contribution in [1.29, 1.82) is 0 Å². The zero-order valence-electron chi connectivity index (χ0n) is 24.5. The summed E-state index contributed by atoms with van der Waals surface area (Å²) in [5, 5.41) is 11.8. The normalized spacial score (nSPS) is 17.7. The summed E-state index contributed by atoms with van der Waals surface area (Å²) in [5.41, 5.74) is 2.03. The number of nitrogens with zero attached hydrogens (tertiary/aromatic N) is 4. The minimum atomic E-state index is -1.28. The molecular formula is C31H42N4O6. The minimum absolute atomic E-state index is 0.0327. The first-order chi connectivity index (χ1) is 19.8. The lowest BCUT2D eigenvalue weighted by Crippen LogP contribution is -2.52. The fourth-order valence-electron chi connectivity index (χ4n) is 4.95. The number of benzene rings is 2. The summed E-state index contributed by atoms with van der Waals surface area (Å²) in [6, 6.07) is 11.8. The zero-order valence-corrected chi connectivity index (χ0v) is 24.5. The number of aliphatic hydroxyl groups is 1. The average molecular weight is 567 g/mol. The Morgan fingerprint density at radius 2 is 1.88 bits per heavy atom. The van der Waals surface area contributed by atoms with Gasteiger partial charge in [0.15, 0.2) is 11.5 Å². The van der Waals surface area contributed by atoms with Crippen LogP contribution in [0.1, 0.15) is 23.1 Å². The van der Waals surface area contributed by atoms with Crippen LogP contribution in [0.5, 0.6) is 17.2 Å². The predicted molar refractivity (Wildman–Crippen MR) is 155 cm³/mol. The van der Waals surface area contributed by atoms with Crippen molar-refractivity contribution in [1.82, 2.24) is 19.4 Å². The van der Waals surface area contributed by atoms with Crippen molar-refractivity contribution in [2.75, 3.05) is 60.2 Å². The Kier molecular flexibility index (Phi) is 10.6. The van der Waals surface area contributed by atoms with Crippen LogP contribution in [0.15, 0.2) is 55.1 Å². The molecule has 4 rings (SSSR count). The molecule has 0 aliphatic carbocycles. The summed E-state index contributed by atoms with van der Waals surface area (Å²) in [6.45, 7) is 7.61. The van der Waals surface area contributed by atoms with Crippen molar-refractivity contribution in [3.63, 3.8) is 0 Å². The predicted octanol–water partition coefficient (Wildman–Crippen LogP) is 3.08. The number of carbonyl (C=O) groups excluding carboxylic acids is 1. The molecule has 41 heavy (non-hydrogen) atoms. The van der Waals surface area contributed by atoms with E-state index in [1.807, 2.05) is 61.0 Å². The van der Waals surface area contributed by atoms with E-state index < -0.39 is 5.60 Å². The van der Waals surface area contributed by atoms with Gasteiger partial charge in [0, 0.05) is 52.2 Å². The molecule has 0 saturated carbocycles. The van der Waals surface area contributed by atoms with Gasteiger partial charge in [0.2, 0.25) is 5.91 Å². The van der Waals surface area contributed by atoms with E-state index in [9.17, 15) is 9.90 Å². The first-order valence-corrected chi connectivity index (χ1v) is 14.0. The molecule has 1 aliphatic heterocycles. The van der Waals surface area contributed by atoms with Crippen molar-refractivity contribution in [3.8, 4) is 17.2 Å². The second-order valence-electron chi connectivity index (χ2n) is 10.7. The highest BCUT2D eigenvalue weighted by atomic mass is 16.5. The van der Waals surface area contributed by atoms with E-state index >= 15 is 0 Å². The van der Waals surface area contributed by atoms with E-state index in [0.717, 1.165) is 24.1 Å². The fourth-order valence-corrected chi connectivity index (χ4v) is 4.95. The van der Waals surface area contributed by atoms with Gasteiger partial charge in [-0.25, -0.2) is 4.98 Å². The Hall–Kier alpha value is -3.60. The number of hydrogen-bond acceptors (Lipinski definition) is 8. The zero-order chi connectivity index (χ0) is 29.2. The highest BCUT2D eigenvalue weighted by molar-refractivity contribution is 5.77. The van der Waals surface area contributed by atoms with Gasteiger partial charge in [0.25, 0.3) is 0 Å². The quantitative estimate of drug-likeness (QED) is 0.315. The smallest absolute Gasteiger partial charge is 0.248 e. The standard InChI is InChI=1S/C31H42N4O6/c1-24-6-8-27(16-25(24)2)41-22-31(37)20-34(13-14-35(21-31)30(36)19-38-3)18-26-7-9-28(29(17-26)39-4)40-15-5-11-33-12-10-32-23-33/h6-10,12,16-17,23,37H,5,11,13-15,18-22H2,1-4H3/t31-/m1/s1. The molecule has 0 radical (unpaired) electrons. The van der Waals surface area contributed by atoms with Crippen LogP contribution in [0.3, 0.4) is 0 Å². The van der Waals surface area contributed by atoms with Gasteiger partial charge in [-0.1, -0.05) is 12.1 Å². The van der Waals surface area contributed by atoms with Crippen LogP contribution < -0.4 is 14.2 Å². The van der Waals surface area contributed by atoms with Crippen molar-refractivity contribution < 1.29 is 28.8 Å². The third-order valence-corrected chi connectivity index (χ3v) is 7.31. The van der Waals surface area contributed by atoms with Crippen molar-refractivity contribution in [2.45, 2.75) is 39.0 Å². The second-order valence-corrected chi connectivity index (χ2v) is 10.7. The van der Waals surface area contributed by atoms with Crippen LogP contribution in [0.4, 0.5) is 0 Å². The number of imidazole rings is 1. The molecule has 1 aliphatic rings. The number of methoxy groups -OCH3 is 2. The summed E-state index contributed by atoms with van der Waals surface area (Å²) in [5.74, 6) is 1.88. The molecule has 1 aromatic heterocycles. The van der Waals surface area contributed by atoms with Gasteiger partial charge in [-0.15, -0.1) is 0 Å². The maximum absolute atomic E-state index is 12.8. The lowest BCUT2D eigenvalue weighted by Gasteiger charge is -2.33. The van der Waals surface area contributed by atoms with Gasteiger partial charge in [-0.3, -0.25) is 9.69 Å². The maximum Gasteiger partial charge on any atom is 0.248 e. The molecule has 2 heterocycles. The number of amides is 1. The third-order valence-electron chi connectivity index (χ3n) is 7.31. The highest BCUT2D eigenvalue weighted by Gasteiger charge is 2.37. The Bertz CT molecular complexity index is 1270. The number of carbonyl (C=O) groups is 1. The Morgan fingerprint density at radius 1 is 1.02 bits per heavy atom. The van der Waals surface area contributed by atoms with Crippen molar-refractivity contribution >= 4 is 5.91 Å². The largest absolute Gasteiger partial charge is 0.493 e. The number of ether oxygens (including phenoxy) is 4. The molecule has 2 aromatic carbocycles. The number of aromatic nitrogens is 2.